The lowest BCUT2D eigenvalue weighted by atomic mass is 10.1. The Balaban J connectivity index is 3.20. The molecule has 1 aromatic rings. The molecule has 0 aromatic heterocycles. The minimum Gasteiger partial charge on any atom is -0.198 e. The van der Waals surface area contributed by atoms with Gasteiger partial charge in [-0.05, 0) is 47.6 Å². The van der Waals surface area contributed by atoms with Crippen LogP contribution in [0.2, 0.25) is 0 Å². The molecule has 0 N–H and O–H groups in total. The van der Waals surface area contributed by atoms with Gasteiger partial charge in [0.1, 0.15) is 0 Å². The first kappa shape index (κ1) is 9.53. The molecule has 1 rings (SSSR count). The highest BCUT2D eigenvalue weighted by Gasteiger charge is 2.02. The van der Waals surface area contributed by atoms with Crippen molar-refractivity contribution in [2.75, 3.05) is 0 Å². The minimum atomic E-state index is 0.515. The van der Waals surface area contributed by atoms with E-state index in [1.54, 1.807) is 0 Å². The molecule has 0 spiro atoms. The first-order chi connectivity index (χ1) is 5.65. The van der Waals surface area contributed by atoms with Crippen molar-refractivity contribution in [2.24, 2.45) is 0 Å². The molecule has 0 saturated heterocycles. The van der Waals surface area contributed by atoms with E-state index in [1.807, 2.05) is 0 Å². The van der Waals surface area contributed by atoms with Crippen molar-refractivity contribution >= 4 is 22.6 Å². The number of halogens is 1. The monoisotopic (exact) mass is 271 g/mol. The highest BCUT2D eigenvalue weighted by Crippen LogP contribution is 2.19. The van der Waals surface area contributed by atoms with Gasteiger partial charge in [-0.1, -0.05) is 17.7 Å². The molecule has 0 atom stereocenters. The summed E-state index contributed by atoms with van der Waals surface area (Å²) < 4.78 is 1.22. The molecule has 0 unspecified atom stereocenters. The van der Waals surface area contributed by atoms with E-state index in [-0.39, 0.29) is 0 Å². The number of rotatable bonds is 1. The second kappa shape index (κ2) is 3.90. The van der Waals surface area contributed by atoms with Crippen molar-refractivity contribution in [3.8, 4) is 6.07 Å². The lowest BCUT2D eigenvalue weighted by Gasteiger charge is -2.05. The Kier molecular flexibility index (Phi) is 3.10. The molecule has 0 saturated carbocycles. The quantitative estimate of drug-likeness (QED) is 0.720. The molecule has 0 bridgehead atoms. The van der Waals surface area contributed by atoms with Crippen LogP contribution in [-0.2, 0) is 6.42 Å². The van der Waals surface area contributed by atoms with Gasteiger partial charge in [-0.25, -0.2) is 0 Å². The highest BCUT2D eigenvalue weighted by atomic mass is 127. The predicted molar refractivity (Wildman–Crippen MR) is 58.0 cm³/mol. The number of nitrogens with zero attached hydrogens (tertiary/aromatic N) is 1. The third-order valence-corrected chi connectivity index (χ3v) is 3.29. The maximum Gasteiger partial charge on any atom is 0.0670 e. The fourth-order valence-electron chi connectivity index (χ4n) is 1.25. The summed E-state index contributed by atoms with van der Waals surface area (Å²) in [5.41, 5.74) is 3.65. The number of hydrogen-bond donors (Lipinski definition) is 0. The van der Waals surface area contributed by atoms with Gasteiger partial charge in [-0.2, -0.15) is 5.26 Å². The fraction of sp³-hybridized carbons (Fsp3) is 0.300. The van der Waals surface area contributed by atoms with Crippen LogP contribution in [0.25, 0.3) is 0 Å². The molecule has 2 heteroatoms. The predicted octanol–water partition coefficient (Wildman–Crippen LogP) is 2.97. The fourth-order valence-corrected chi connectivity index (χ4v) is 1.75. The van der Waals surface area contributed by atoms with Gasteiger partial charge in [0, 0.05) is 3.57 Å². The molecule has 0 aliphatic heterocycles. The zero-order valence-electron chi connectivity index (χ0n) is 7.19. The summed E-state index contributed by atoms with van der Waals surface area (Å²) in [7, 11) is 0. The largest absolute Gasteiger partial charge is 0.198 e. The summed E-state index contributed by atoms with van der Waals surface area (Å²) in [5.74, 6) is 0. The Morgan fingerprint density at radius 1 is 1.42 bits per heavy atom. The van der Waals surface area contributed by atoms with E-state index < -0.39 is 0 Å². The molecule has 0 amide bonds. The number of benzene rings is 1. The van der Waals surface area contributed by atoms with Gasteiger partial charge in [-0.15, -0.1) is 0 Å². The van der Waals surface area contributed by atoms with Crippen molar-refractivity contribution < 1.29 is 0 Å². The Morgan fingerprint density at radius 2 is 2.08 bits per heavy atom. The lowest BCUT2D eigenvalue weighted by molar-refractivity contribution is 1.20. The summed E-state index contributed by atoms with van der Waals surface area (Å²) in [5, 5.41) is 8.57. The van der Waals surface area contributed by atoms with Crippen LogP contribution >= 0.6 is 22.6 Å². The van der Waals surface area contributed by atoms with Crippen molar-refractivity contribution in [2.45, 2.75) is 20.3 Å². The summed E-state index contributed by atoms with van der Waals surface area (Å²) >= 11 is 2.29. The minimum absolute atomic E-state index is 0.515. The first-order valence-electron chi connectivity index (χ1n) is 3.77. The standard InChI is InChI=1S/C10H10IN/c1-7-5-8(2)10(11)9(6-7)3-4-12/h5-6H,3H2,1-2H3. The zero-order valence-corrected chi connectivity index (χ0v) is 9.34. The van der Waals surface area contributed by atoms with Gasteiger partial charge in [0.2, 0.25) is 0 Å². The van der Waals surface area contributed by atoms with Crippen LogP contribution in [0.3, 0.4) is 0 Å². The SMILES string of the molecule is Cc1cc(C)c(I)c(CC#N)c1. The number of hydrogen-bond acceptors (Lipinski definition) is 1. The Labute approximate surface area is 86.5 Å². The average Bonchev–Trinajstić information content (AvgIpc) is 2.00. The Morgan fingerprint density at radius 3 is 2.67 bits per heavy atom. The topological polar surface area (TPSA) is 23.8 Å². The lowest BCUT2D eigenvalue weighted by Crippen LogP contribution is -1.92. The van der Waals surface area contributed by atoms with Gasteiger partial charge in [-0.3, -0.25) is 0 Å². The van der Waals surface area contributed by atoms with Crippen LogP contribution < -0.4 is 0 Å². The molecule has 0 aliphatic rings. The van der Waals surface area contributed by atoms with E-state index >= 15 is 0 Å². The maximum atomic E-state index is 8.57. The second-order valence-electron chi connectivity index (χ2n) is 2.89. The third-order valence-electron chi connectivity index (χ3n) is 1.74. The van der Waals surface area contributed by atoms with Gasteiger partial charge in [0.15, 0.2) is 0 Å². The highest BCUT2D eigenvalue weighted by molar-refractivity contribution is 14.1. The molecule has 62 valence electrons. The molecule has 0 heterocycles. The molecule has 0 fully saturated rings. The van der Waals surface area contributed by atoms with E-state index in [9.17, 15) is 0 Å². The number of nitriles is 1. The van der Waals surface area contributed by atoms with E-state index in [1.165, 1.54) is 14.7 Å². The van der Waals surface area contributed by atoms with Gasteiger partial charge < -0.3 is 0 Å². The first-order valence-corrected chi connectivity index (χ1v) is 4.85. The third kappa shape index (κ3) is 1.98. The Bertz CT molecular complexity index is 336. The molecule has 1 nitrogen and oxygen atoms in total. The summed E-state index contributed by atoms with van der Waals surface area (Å²) in [6.45, 7) is 4.14. The van der Waals surface area contributed by atoms with Crippen molar-refractivity contribution in [3.05, 3.63) is 32.4 Å². The van der Waals surface area contributed by atoms with E-state index in [4.69, 9.17) is 5.26 Å². The van der Waals surface area contributed by atoms with E-state index in [2.05, 4.69) is 54.6 Å². The smallest absolute Gasteiger partial charge is 0.0670 e. The summed E-state index contributed by atoms with van der Waals surface area (Å²) in [6.07, 6.45) is 0.515. The average molecular weight is 271 g/mol. The van der Waals surface area contributed by atoms with Gasteiger partial charge in [0.05, 0.1) is 12.5 Å². The summed E-state index contributed by atoms with van der Waals surface area (Å²) in [6, 6.07) is 6.40. The van der Waals surface area contributed by atoms with Crippen LogP contribution in [0.15, 0.2) is 12.1 Å². The van der Waals surface area contributed by atoms with E-state index in [0.717, 1.165) is 5.56 Å². The second-order valence-corrected chi connectivity index (χ2v) is 3.97. The van der Waals surface area contributed by atoms with Crippen LogP contribution in [-0.4, -0.2) is 0 Å². The molecule has 0 aliphatic carbocycles. The zero-order chi connectivity index (χ0) is 9.14. The van der Waals surface area contributed by atoms with E-state index in [0.29, 0.717) is 6.42 Å². The van der Waals surface area contributed by atoms with Crippen LogP contribution in [0.4, 0.5) is 0 Å². The Hall–Kier alpha value is -0.560. The molecule has 12 heavy (non-hydrogen) atoms. The molecule has 0 radical (unpaired) electrons. The molecular formula is C10H10IN. The summed E-state index contributed by atoms with van der Waals surface area (Å²) in [4.78, 5) is 0. The van der Waals surface area contributed by atoms with Crippen molar-refractivity contribution in [1.82, 2.24) is 0 Å². The van der Waals surface area contributed by atoms with Gasteiger partial charge in [0.25, 0.3) is 0 Å². The molecule has 1 aromatic carbocycles. The maximum absolute atomic E-state index is 8.57. The van der Waals surface area contributed by atoms with Crippen molar-refractivity contribution in [1.29, 1.82) is 5.26 Å². The van der Waals surface area contributed by atoms with Crippen LogP contribution in [0.1, 0.15) is 16.7 Å². The normalized spacial score (nSPS) is 9.50. The van der Waals surface area contributed by atoms with Crippen LogP contribution in [0.5, 0.6) is 0 Å². The van der Waals surface area contributed by atoms with Crippen LogP contribution in [0, 0.1) is 28.7 Å². The van der Waals surface area contributed by atoms with Gasteiger partial charge >= 0.3 is 0 Å². The van der Waals surface area contributed by atoms with Crippen molar-refractivity contribution in [3.63, 3.8) is 0 Å². The number of aryl methyl sites for hydroxylation is 2. The molecular weight excluding hydrogens is 261 g/mol.